The molecule has 0 amide bonds. The van der Waals surface area contributed by atoms with Crippen LogP contribution in [0.5, 0.6) is 0 Å². The van der Waals surface area contributed by atoms with Gasteiger partial charge < -0.3 is 10.2 Å². The van der Waals surface area contributed by atoms with Crippen LogP contribution < -0.4 is 0 Å². The van der Waals surface area contributed by atoms with E-state index in [1.807, 2.05) is 23.6 Å². The smallest absolute Gasteiger partial charge is 0.414 e. The zero-order valence-electron chi connectivity index (χ0n) is 6.45. The average Bonchev–Trinajstić information content (AvgIpc) is 2.35. The summed E-state index contributed by atoms with van der Waals surface area (Å²) in [6.45, 7) is 0. The lowest BCUT2D eigenvalue weighted by Gasteiger charge is -1.72. The van der Waals surface area contributed by atoms with Crippen LogP contribution in [0.4, 0.5) is 0 Å². The standard InChI is InChI=1S/C5H5NS.C2H2O4/c1-2-4-6-7-5-3-1;3-1(4)2(5)6/h1-5H;(H,3,4)(H,5,6). The number of aliphatic carboxylic acids is 2. The van der Waals surface area contributed by atoms with Crippen LogP contribution in [0.3, 0.4) is 0 Å². The molecule has 2 N–H and O–H groups in total. The number of allylic oxidation sites excluding steroid dienone is 3. The second-order valence-electron chi connectivity index (χ2n) is 1.68. The number of carboxylic acids is 2. The molecule has 13 heavy (non-hydrogen) atoms. The van der Waals surface area contributed by atoms with Gasteiger partial charge in [0.1, 0.15) is 0 Å². The van der Waals surface area contributed by atoms with Gasteiger partial charge in [0.25, 0.3) is 0 Å². The highest BCUT2D eigenvalue weighted by atomic mass is 32.2. The molecule has 6 heteroatoms. The minimum absolute atomic E-state index is 1.44. The van der Waals surface area contributed by atoms with Gasteiger partial charge in [0.15, 0.2) is 0 Å². The number of carboxylic acid groups (broad SMARTS) is 2. The molecule has 0 aromatic carbocycles. The summed E-state index contributed by atoms with van der Waals surface area (Å²) in [6, 6.07) is 0. The summed E-state index contributed by atoms with van der Waals surface area (Å²) in [6.07, 6.45) is 7.57. The molecule has 0 radical (unpaired) electrons. The molecule has 1 aliphatic heterocycles. The highest BCUT2D eigenvalue weighted by molar-refractivity contribution is 8.01. The van der Waals surface area contributed by atoms with Gasteiger partial charge in [-0.2, -0.15) is 0 Å². The third-order valence-electron chi connectivity index (χ3n) is 0.752. The first-order valence-corrected chi connectivity index (χ1v) is 3.95. The van der Waals surface area contributed by atoms with Crippen molar-refractivity contribution in [2.75, 3.05) is 0 Å². The fourth-order valence-corrected chi connectivity index (χ4v) is 0.672. The predicted molar refractivity (Wildman–Crippen MR) is 49.6 cm³/mol. The molecule has 1 heterocycles. The van der Waals surface area contributed by atoms with E-state index in [0.717, 1.165) is 0 Å². The molecule has 70 valence electrons. The Kier molecular flexibility index (Phi) is 6.26. The van der Waals surface area contributed by atoms with Gasteiger partial charge in [0, 0.05) is 18.2 Å². The molecule has 0 fully saturated rings. The van der Waals surface area contributed by atoms with Gasteiger partial charge in [-0.25, -0.2) is 14.0 Å². The second-order valence-corrected chi connectivity index (χ2v) is 2.38. The quantitative estimate of drug-likeness (QED) is 0.450. The molecule has 5 nitrogen and oxygen atoms in total. The average molecular weight is 201 g/mol. The zero-order chi connectivity index (χ0) is 10.1. The summed E-state index contributed by atoms with van der Waals surface area (Å²) in [5.74, 6) is -3.65. The van der Waals surface area contributed by atoms with E-state index in [2.05, 4.69) is 4.40 Å². The van der Waals surface area contributed by atoms with Crippen LogP contribution >= 0.6 is 11.9 Å². The van der Waals surface area contributed by atoms with Crippen molar-refractivity contribution in [1.82, 2.24) is 0 Å². The SMILES string of the molecule is C1=CC=NSC=C1.O=C(O)C(=O)O. The fraction of sp³-hybridized carbons (Fsp3) is 0. The Morgan fingerprint density at radius 1 is 1.08 bits per heavy atom. The van der Waals surface area contributed by atoms with Crippen LogP contribution in [-0.4, -0.2) is 28.4 Å². The van der Waals surface area contributed by atoms with Crippen LogP contribution in [0, 0.1) is 0 Å². The predicted octanol–water partition coefficient (Wildman–Crippen LogP) is 0.944. The highest BCUT2D eigenvalue weighted by Crippen LogP contribution is 2.03. The third-order valence-corrected chi connectivity index (χ3v) is 1.27. The maximum atomic E-state index is 9.10. The lowest BCUT2D eigenvalue weighted by Crippen LogP contribution is -2.09. The first kappa shape index (κ1) is 11.4. The van der Waals surface area contributed by atoms with Crippen LogP contribution in [0.2, 0.25) is 0 Å². The Morgan fingerprint density at radius 3 is 2.23 bits per heavy atom. The van der Waals surface area contributed by atoms with Crippen LogP contribution in [0.25, 0.3) is 0 Å². The summed E-state index contributed by atoms with van der Waals surface area (Å²) >= 11 is 1.44. The third kappa shape index (κ3) is 8.35. The first-order chi connectivity index (χ1) is 6.14. The normalized spacial score (nSPS) is 12.6. The van der Waals surface area contributed by atoms with E-state index in [4.69, 9.17) is 19.8 Å². The van der Waals surface area contributed by atoms with Crippen LogP contribution in [-0.2, 0) is 9.59 Å². The monoisotopic (exact) mass is 201 g/mol. The van der Waals surface area contributed by atoms with Gasteiger partial charge in [-0.3, -0.25) is 0 Å². The molecule has 1 rings (SSSR count). The molecule has 0 atom stereocenters. The van der Waals surface area contributed by atoms with Crippen molar-refractivity contribution in [2.24, 2.45) is 4.40 Å². The van der Waals surface area contributed by atoms with Crippen molar-refractivity contribution in [3.63, 3.8) is 0 Å². The molecule has 0 saturated carbocycles. The van der Waals surface area contributed by atoms with E-state index in [0.29, 0.717) is 0 Å². The molecule has 0 bridgehead atoms. The van der Waals surface area contributed by atoms with Crippen molar-refractivity contribution in [2.45, 2.75) is 0 Å². The largest absolute Gasteiger partial charge is 0.473 e. The van der Waals surface area contributed by atoms with Gasteiger partial charge in [0.05, 0.1) is 0 Å². The van der Waals surface area contributed by atoms with E-state index in [-0.39, 0.29) is 0 Å². The molecule has 0 unspecified atom stereocenters. The number of hydrogen-bond acceptors (Lipinski definition) is 4. The maximum Gasteiger partial charge on any atom is 0.414 e. The molecule has 0 saturated heterocycles. The van der Waals surface area contributed by atoms with E-state index in [9.17, 15) is 0 Å². The van der Waals surface area contributed by atoms with Gasteiger partial charge in [-0.15, -0.1) is 0 Å². The van der Waals surface area contributed by atoms with E-state index in [1.165, 1.54) is 11.9 Å². The summed E-state index contributed by atoms with van der Waals surface area (Å²) in [4.78, 5) is 18.2. The first-order valence-electron chi connectivity index (χ1n) is 3.12. The van der Waals surface area contributed by atoms with Crippen LogP contribution in [0.1, 0.15) is 0 Å². The Labute approximate surface area is 78.6 Å². The molecule has 0 aromatic heterocycles. The number of rotatable bonds is 0. The minimum atomic E-state index is -1.82. The molecule has 0 spiro atoms. The Balaban J connectivity index is 0.000000226. The van der Waals surface area contributed by atoms with Gasteiger partial charge in [-0.05, 0) is 11.5 Å². The zero-order valence-corrected chi connectivity index (χ0v) is 7.27. The summed E-state index contributed by atoms with van der Waals surface area (Å²) < 4.78 is 3.89. The van der Waals surface area contributed by atoms with Gasteiger partial charge >= 0.3 is 11.9 Å². The maximum absolute atomic E-state index is 9.10. The van der Waals surface area contributed by atoms with Crippen LogP contribution in [0.15, 0.2) is 28.0 Å². The summed E-state index contributed by atoms with van der Waals surface area (Å²) in [5.41, 5.74) is 0. The van der Waals surface area contributed by atoms with Crippen molar-refractivity contribution in [1.29, 1.82) is 0 Å². The Morgan fingerprint density at radius 2 is 1.69 bits per heavy atom. The van der Waals surface area contributed by atoms with Crippen molar-refractivity contribution in [3.8, 4) is 0 Å². The van der Waals surface area contributed by atoms with E-state index in [1.54, 1.807) is 6.21 Å². The summed E-state index contributed by atoms with van der Waals surface area (Å²) in [5, 5.41) is 16.7. The van der Waals surface area contributed by atoms with Crippen molar-refractivity contribution in [3.05, 3.63) is 23.6 Å². The van der Waals surface area contributed by atoms with Crippen molar-refractivity contribution >= 4 is 30.1 Å². The van der Waals surface area contributed by atoms with Gasteiger partial charge in [0.2, 0.25) is 0 Å². The van der Waals surface area contributed by atoms with E-state index >= 15 is 0 Å². The molecular weight excluding hydrogens is 194 g/mol. The minimum Gasteiger partial charge on any atom is -0.473 e. The Hall–Kier alpha value is -1.56. The number of carbonyl (C=O) groups is 2. The fourth-order valence-electron chi connectivity index (χ4n) is 0.300. The molecule has 0 aromatic rings. The number of hydrogen-bond donors (Lipinski definition) is 2. The summed E-state index contributed by atoms with van der Waals surface area (Å²) in [7, 11) is 0. The second kappa shape index (κ2) is 7.11. The van der Waals surface area contributed by atoms with Gasteiger partial charge in [-0.1, -0.05) is 12.2 Å². The lowest BCUT2D eigenvalue weighted by molar-refractivity contribution is -0.159. The molecular formula is C7H7NO4S. The number of nitrogens with zero attached hydrogens (tertiary/aromatic N) is 1. The highest BCUT2D eigenvalue weighted by Gasteiger charge is 2.04. The van der Waals surface area contributed by atoms with E-state index < -0.39 is 11.9 Å². The molecule has 0 aliphatic carbocycles. The molecule has 1 aliphatic rings. The Bertz CT molecular complexity index is 244. The van der Waals surface area contributed by atoms with Crippen molar-refractivity contribution < 1.29 is 19.8 Å². The topological polar surface area (TPSA) is 87.0 Å². The lowest BCUT2D eigenvalue weighted by atomic mass is 10.5.